The Morgan fingerprint density at radius 2 is 2.15 bits per heavy atom. The van der Waals surface area contributed by atoms with Gasteiger partial charge in [-0.2, -0.15) is 0 Å². The third kappa shape index (κ3) is 2.71. The van der Waals surface area contributed by atoms with E-state index in [1.165, 1.54) is 0 Å². The van der Waals surface area contributed by atoms with E-state index in [2.05, 4.69) is 11.1 Å². The average molecular weight is 195 g/mol. The van der Waals surface area contributed by atoms with E-state index in [1.54, 1.807) is 0 Å². The molecular weight excluding hydrogens is 182 g/mol. The highest BCUT2D eigenvalue weighted by atomic mass is 32.2. The molecule has 2 nitrogen and oxygen atoms in total. The second-order valence-corrected chi connectivity index (χ2v) is 4.42. The van der Waals surface area contributed by atoms with Crippen molar-refractivity contribution in [3.63, 3.8) is 0 Å². The lowest BCUT2D eigenvalue weighted by Crippen LogP contribution is -2.17. The van der Waals surface area contributed by atoms with Crippen LogP contribution in [0.4, 0.5) is 0 Å². The van der Waals surface area contributed by atoms with Crippen LogP contribution < -0.4 is 0 Å². The number of ether oxygens (including phenoxy) is 1. The van der Waals surface area contributed by atoms with Gasteiger partial charge in [-0.15, -0.1) is 11.8 Å². The van der Waals surface area contributed by atoms with Gasteiger partial charge in [0.15, 0.2) is 0 Å². The molecule has 0 saturated carbocycles. The van der Waals surface area contributed by atoms with E-state index in [0.29, 0.717) is 5.25 Å². The van der Waals surface area contributed by atoms with E-state index in [-0.39, 0.29) is 0 Å². The molecule has 2 rings (SSSR count). The molecule has 0 spiro atoms. The van der Waals surface area contributed by atoms with E-state index < -0.39 is 0 Å². The van der Waals surface area contributed by atoms with Crippen molar-refractivity contribution in [1.29, 1.82) is 0 Å². The molecular formula is C10H13NOS. The smallest absolute Gasteiger partial charge is 0.0962 e. The highest BCUT2D eigenvalue weighted by Crippen LogP contribution is 2.27. The first-order valence-corrected chi connectivity index (χ1v) is 5.48. The number of nitrogens with zero attached hydrogens (tertiary/aromatic N) is 1. The summed E-state index contributed by atoms with van der Waals surface area (Å²) in [7, 11) is 0. The van der Waals surface area contributed by atoms with Crippen molar-refractivity contribution in [1.82, 2.24) is 4.98 Å². The molecule has 1 saturated heterocycles. The van der Waals surface area contributed by atoms with Crippen LogP contribution in [0.1, 0.15) is 12.8 Å². The van der Waals surface area contributed by atoms with E-state index in [1.807, 2.05) is 30.1 Å². The molecule has 1 aromatic rings. The van der Waals surface area contributed by atoms with Crippen molar-refractivity contribution in [2.24, 2.45) is 0 Å². The Balaban J connectivity index is 1.90. The molecule has 0 aliphatic carbocycles. The van der Waals surface area contributed by atoms with Crippen LogP contribution >= 0.6 is 11.8 Å². The van der Waals surface area contributed by atoms with Gasteiger partial charge in [-0.3, -0.25) is 0 Å². The minimum Gasteiger partial charge on any atom is -0.381 e. The van der Waals surface area contributed by atoms with Gasteiger partial charge in [0.25, 0.3) is 0 Å². The first-order valence-electron chi connectivity index (χ1n) is 4.60. The van der Waals surface area contributed by atoms with Crippen LogP contribution in [0.15, 0.2) is 29.4 Å². The van der Waals surface area contributed by atoms with Crippen molar-refractivity contribution in [3.8, 4) is 0 Å². The molecule has 0 atom stereocenters. The zero-order chi connectivity index (χ0) is 8.93. The third-order valence-corrected chi connectivity index (χ3v) is 3.38. The summed E-state index contributed by atoms with van der Waals surface area (Å²) in [5.74, 6) is 0. The van der Waals surface area contributed by atoms with Gasteiger partial charge in [-0.25, -0.2) is 4.98 Å². The second-order valence-electron chi connectivity index (χ2n) is 3.10. The number of thioether (sulfide) groups is 1. The lowest BCUT2D eigenvalue weighted by atomic mass is 10.2. The molecule has 1 aliphatic rings. The molecule has 1 fully saturated rings. The summed E-state index contributed by atoms with van der Waals surface area (Å²) in [4.78, 5) is 4.29. The van der Waals surface area contributed by atoms with Crippen LogP contribution in [-0.2, 0) is 4.74 Å². The minimum absolute atomic E-state index is 0.698. The fourth-order valence-electron chi connectivity index (χ4n) is 1.38. The fourth-order valence-corrected chi connectivity index (χ4v) is 2.43. The largest absolute Gasteiger partial charge is 0.381 e. The summed E-state index contributed by atoms with van der Waals surface area (Å²) < 4.78 is 5.30. The van der Waals surface area contributed by atoms with E-state index >= 15 is 0 Å². The first-order chi connectivity index (χ1) is 6.45. The maximum absolute atomic E-state index is 5.30. The van der Waals surface area contributed by atoms with Gasteiger partial charge in [0.2, 0.25) is 0 Å². The SMILES string of the molecule is c1ccc(SC2CCOCC2)nc1. The quantitative estimate of drug-likeness (QED) is 0.723. The van der Waals surface area contributed by atoms with Crippen molar-refractivity contribution in [2.45, 2.75) is 23.1 Å². The second kappa shape index (κ2) is 4.63. The van der Waals surface area contributed by atoms with Gasteiger partial charge in [0, 0.05) is 24.7 Å². The molecule has 70 valence electrons. The van der Waals surface area contributed by atoms with Gasteiger partial charge in [-0.05, 0) is 25.0 Å². The van der Waals surface area contributed by atoms with Crippen molar-refractivity contribution >= 4 is 11.8 Å². The average Bonchev–Trinajstić information content (AvgIpc) is 2.21. The molecule has 3 heteroatoms. The summed E-state index contributed by atoms with van der Waals surface area (Å²) in [6.07, 6.45) is 4.16. The van der Waals surface area contributed by atoms with E-state index in [0.717, 1.165) is 31.1 Å². The van der Waals surface area contributed by atoms with Crippen LogP contribution in [-0.4, -0.2) is 23.4 Å². The lowest BCUT2D eigenvalue weighted by molar-refractivity contribution is 0.1000. The zero-order valence-electron chi connectivity index (χ0n) is 7.48. The van der Waals surface area contributed by atoms with Crippen molar-refractivity contribution < 1.29 is 4.74 Å². The van der Waals surface area contributed by atoms with Crippen LogP contribution in [0, 0.1) is 0 Å². The monoisotopic (exact) mass is 195 g/mol. The lowest BCUT2D eigenvalue weighted by Gasteiger charge is -2.20. The van der Waals surface area contributed by atoms with Crippen LogP contribution in [0.5, 0.6) is 0 Å². The predicted molar refractivity (Wildman–Crippen MR) is 53.9 cm³/mol. The summed E-state index contributed by atoms with van der Waals surface area (Å²) >= 11 is 1.87. The molecule has 0 amide bonds. The number of aromatic nitrogens is 1. The molecule has 0 radical (unpaired) electrons. The first kappa shape index (κ1) is 9.03. The molecule has 1 aliphatic heterocycles. The third-order valence-electron chi connectivity index (χ3n) is 2.09. The minimum atomic E-state index is 0.698. The maximum atomic E-state index is 5.30. The van der Waals surface area contributed by atoms with Crippen LogP contribution in [0.3, 0.4) is 0 Å². The highest BCUT2D eigenvalue weighted by molar-refractivity contribution is 7.99. The Bertz CT molecular complexity index is 246. The topological polar surface area (TPSA) is 22.1 Å². The number of rotatable bonds is 2. The Hall–Kier alpha value is -0.540. The predicted octanol–water partition coefficient (Wildman–Crippen LogP) is 2.35. The summed E-state index contributed by atoms with van der Waals surface area (Å²) in [5.41, 5.74) is 0. The molecule has 0 bridgehead atoms. The van der Waals surface area contributed by atoms with Gasteiger partial charge >= 0.3 is 0 Å². The summed E-state index contributed by atoms with van der Waals surface area (Å²) in [6.45, 7) is 1.81. The molecule has 1 aromatic heterocycles. The maximum Gasteiger partial charge on any atom is 0.0962 e. The summed E-state index contributed by atoms with van der Waals surface area (Å²) in [6, 6.07) is 6.06. The van der Waals surface area contributed by atoms with Crippen molar-refractivity contribution in [3.05, 3.63) is 24.4 Å². The molecule has 0 N–H and O–H groups in total. The normalized spacial score (nSPS) is 18.8. The van der Waals surface area contributed by atoms with Crippen LogP contribution in [0.2, 0.25) is 0 Å². The van der Waals surface area contributed by atoms with E-state index in [9.17, 15) is 0 Å². The Morgan fingerprint density at radius 1 is 1.31 bits per heavy atom. The van der Waals surface area contributed by atoms with Gasteiger partial charge in [0.1, 0.15) is 0 Å². The van der Waals surface area contributed by atoms with Crippen LogP contribution in [0.25, 0.3) is 0 Å². The van der Waals surface area contributed by atoms with E-state index in [4.69, 9.17) is 4.74 Å². The molecule has 13 heavy (non-hydrogen) atoms. The van der Waals surface area contributed by atoms with Crippen molar-refractivity contribution in [2.75, 3.05) is 13.2 Å². The number of pyridine rings is 1. The standard InChI is InChI=1S/C10H13NOS/c1-2-6-11-10(3-1)13-9-4-7-12-8-5-9/h1-3,6,9H,4-5,7-8H2. The molecule has 0 aromatic carbocycles. The fraction of sp³-hybridized carbons (Fsp3) is 0.500. The Labute approximate surface area is 82.7 Å². The molecule has 2 heterocycles. The number of hydrogen-bond acceptors (Lipinski definition) is 3. The van der Waals surface area contributed by atoms with Gasteiger partial charge in [0.05, 0.1) is 5.03 Å². The van der Waals surface area contributed by atoms with Gasteiger partial charge in [-0.1, -0.05) is 6.07 Å². The summed E-state index contributed by atoms with van der Waals surface area (Å²) in [5, 5.41) is 1.83. The Morgan fingerprint density at radius 3 is 2.85 bits per heavy atom. The highest BCUT2D eigenvalue weighted by Gasteiger charge is 2.14. The Kier molecular flexibility index (Phi) is 3.22. The van der Waals surface area contributed by atoms with Gasteiger partial charge < -0.3 is 4.74 Å². The number of hydrogen-bond donors (Lipinski definition) is 0. The zero-order valence-corrected chi connectivity index (χ0v) is 8.30. The molecule has 0 unspecified atom stereocenters.